The fourth-order valence-electron chi connectivity index (χ4n) is 3.11. The summed E-state index contributed by atoms with van der Waals surface area (Å²) in [5.41, 5.74) is 0. The molecular weight excluding hydrogens is 236 g/mol. The molecule has 1 N–H and O–H groups in total. The van der Waals surface area contributed by atoms with E-state index in [0.29, 0.717) is 0 Å². The lowest BCUT2D eigenvalue weighted by Crippen LogP contribution is -2.44. The highest BCUT2D eigenvalue weighted by Crippen LogP contribution is 2.27. The Labute approximate surface area is 120 Å². The molecule has 19 heavy (non-hydrogen) atoms. The van der Waals surface area contributed by atoms with Gasteiger partial charge >= 0.3 is 0 Å². The van der Waals surface area contributed by atoms with E-state index >= 15 is 0 Å². The van der Waals surface area contributed by atoms with E-state index in [1.165, 1.54) is 58.4 Å². The van der Waals surface area contributed by atoms with Crippen molar-refractivity contribution in [2.45, 2.75) is 58.5 Å². The Balaban J connectivity index is 0.000000861. The van der Waals surface area contributed by atoms with E-state index < -0.39 is 0 Å². The van der Waals surface area contributed by atoms with Crippen molar-refractivity contribution in [3.63, 3.8) is 0 Å². The molecule has 3 heteroatoms. The predicted octanol–water partition coefficient (Wildman–Crippen LogP) is 2.59. The first-order valence-corrected chi connectivity index (χ1v) is 8.33. The monoisotopic (exact) mass is 270 g/mol. The largest absolute Gasteiger partial charge is 0.393 e. The van der Waals surface area contributed by atoms with E-state index in [2.05, 4.69) is 16.8 Å². The van der Waals surface area contributed by atoms with Gasteiger partial charge in [-0.15, -0.1) is 0 Å². The summed E-state index contributed by atoms with van der Waals surface area (Å²) < 4.78 is 0. The highest BCUT2D eigenvalue weighted by Gasteiger charge is 2.19. The van der Waals surface area contributed by atoms with Crippen LogP contribution >= 0.6 is 0 Å². The highest BCUT2D eigenvalue weighted by molar-refractivity contribution is 4.73. The molecule has 2 aliphatic rings. The van der Waals surface area contributed by atoms with Crippen LogP contribution in [0.15, 0.2) is 0 Å². The first-order valence-electron chi connectivity index (χ1n) is 8.33. The molecule has 0 bridgehead atoms. The molecule has 0 aromatic rings. The van der Waals surface area contributed by atoms with Gasteiger partial charge in [-0.2, -0.15) is 0 Å². The van der Waals surface area contributed by atoms with Gasteiger partial charge in [-0.05, 0) is 58.0 Å². The second-order valence-electron chi connectivity index (χ2n) is 5.96. The molecule has 0 amide bonds. The zero-order valence-corrected chi connectivity index (χ0v) is 13.3. The first-order chi connectivity index (χ1) is 9.24. The van der Waals surface area contributed by atoms with Crippen LogP contribution in [0.1, 0.15) is 52.4 Å². The van der Waals surface area contributed by atoms with Gasteiger partial charge in [0.25, 0.3) is 0 Å². The smallest absolute Gasteiger partial charge is 0.0540 e. The number of aliphatic hydroxyl groups is 1. The summed E-state index contributed by atoms with van der Waals surface area (Å²) in [6.07, 6.45) is 7.32. The van der Waals surface area contributed by atoms with Crippen LogP contribution in [-0.4, -0.2) is 60.8 Å². The molecule has 0 aromatic heterocycles. The molecular formula is C16H34N2O. The van der Waals surface area contributed by atoms with Gasteiger partial charge in [0.2, 0.25) is 0 Å². The van der Waals surface area contributed by atoms with Gasteiger partial charge in [0.15, 0.2) is 0 Å². The van der Waals surface area contributed by atoms with E-state index in [4.69, 9.17) is 0 Å². The molecule has 1 saturated carbocycles. The van der Waals surface area contributed by atoms with Crippen molar-refractivity contribution in [3.05, 3.63) is 0 Å². The molecule has 1 aliphatic heterocycles. The van der Waals surface area contributed by atoms with Crippen LogP contribution in [-0.2, 0) is 0 Å². The molecule has 114 valence electrons. The standard InChI is InChI=1S/C14H28N2O.C2H6/c1-15-9-11-16(12-10-15)8-2-3-13-4-6-14(17)7-5-13;1-2/h13-14,17H,2-12H2,1H3;1-2H3. The average molecular weight is 270 g/mol. The fraction of sp³-hybridized carbons (Fsp3) is 1.00. The Hall–Kier alpha value is -0.120. The zero-order chi connectivity index (χ0) is 14.1. The summed E-state index contributed by atoms with van der Waals surface area (Å²) in [5.74, 6) is 0.894. The Morgan fingerprint density at radius 1 is 0.947 bits per heavy atom. The summed E-state index contributed by atoms with van der Waals surface area (Å²) in [6.45, 7) is 10.2. The second kappa shape index (κ2) is 9.73. The lowest BCUT2D eigenvalue weighted by Gasteiger charge is -2.33. The molecule has 2 rings (SSSR count). The van der Waals surface area contributed by atoms with Crippen molar-refractivity contribution in [1.29, 1.82) is 0 Å². The summed E-state index contributed by atoms with van der Waals surface area (Å²) in [7, 11) is 2.21. The average Bonchev–Trinajstić information content (AvgIpc) is 2.45. The zero-order valence-electron chi connectivity index (χ0n) is 13.3. The maximum absolute atomic E-state index is 9.47. The third kappa shape index (κ3) is 6.73. The lowest BCUT2D eigenvalue weighted by atomic mass is 9.84. The predicted molar refractivity (Wildman–Crippen MR) is 82.5 cm³/mol. The summed E-state index contributed by atoms with van der Waals surface area (Å²) in [5, 5.41) is 9.47. The van der Waals surface area contributed by atoms with E-state index in [9.17, 15) is 5.11 Å². The minimum Gasteiger partial charge on any atom is -0.393 e. The Bertz CT molecular complexity index is 185. The number of piperazine rings is 1. The van der Waals surface area contributed by atoms with Crippen molar-refractivity contribution in [2.75, 3.05) is 39.8 Å². The first kappa shape index (κ1) is 16.9. The Morgan fingerprint density at radius 3 is 2.11 bits per heavy atom. The number of nitrogens with zero attached hydrogens (tertiary/aromatic N) is 2. The lowest BCUT2D eigenvalue weighted by molar-refractivity contribution is 0.103. The van der Waals surface area contributed by atoms with E-state index in [1.54, 1.807) is 0 Å². The molecule has 0 atom stereocenters. The van der Waals surface area contributed by atoms with Gasteiger partial charge in [0.1, 0.15) is 0 Å². The Kier molecular flexibility index (Phi) is 8.67. The molecule has 1 heterocycles. The van der Waals surface area contributed by atoms with Gasteiger partial charge in [0.05, 0.1) is 6.10 Å². The molecule has 0 spiro atoms. The third-order valence-corrected chi connectivity index (χ3v) is 4.50. The number of hydrogen-bond donors (Lipinski definition) is 1. The molecule has 1 saturated heterocycles. The van der Waals surface area contributed by atoms with Crippen molar-refractivity contribution < 1.29 is 5.11 Å². The number of hydrogen-bond acceptors (Lipinski definition) is 3. The fourth-order valence-corrected chi connectivity index (χ4v) is 3.11. The molecule has 0 aromatic carbocycles. The molecule has 0 radical (unpaired) electrons. The maximum atomic E-state index is 9.47. The summed E-state index contributed by atoms with van der Waals surface area (Å²) in [4.78, 5) is 5.02. The SMILES string of the molecule is CC.CN1CCN(CCCC2CCC(O)CC2)CC1. The quantitative estimate of drug-likeness (QED) is 0.850. The van der Waals surface area contributed by atoms with Gasteiger partial charge in [-0.25, -0.2) is 0 Å². The van der Waals surface area contributed by atoms with Gasteiger partial charge < -0.3 is 14.9 Å². The molecule has 2 fully saturated rings. The van der Waals surface area contributed by atoms with Crippen LogP contribution in [0, 0.1) is 5.92 Å². The van der Waals surface area contributed by atoms with Gasteiger partial charge in [-0.3, -0.25) is 0 Å². The van der Waals surface area contributed by atoms with Gasteiger partial charge in [0, 0.05) is 26.2 Å². The molecule has 0 unspecified atom stereocenters. The van der Waals surface area contributed by atoms with Gasteiger partial charge in [-0.1, -0.05) is 13.8 Å². The number of likely N-dealkylation sites (N-methyl/N-ethyl adjacent to an activating group) is 1. The van der Waals surface area contributed by atoms with Crippen LogP contribution in [0.25, 0.3) is 0 Å². The number of rotatable bonds is 4. The van der Waals surface area contributed by atoms with Crippen LogP contribution in [0.4, 0.5) is 0 Å². The minimum atomic E-state index is 0.00359. The van der Waals surface area contributed by atoms with E-state index in [0.717, 1.165) is 18.8 Å². The van der Waals surface area contributed by atoms with Crippen molar-refractivity contribution in [2.24, 2.45) is 5.92 Å². The van der Waals surface area contributed by atoms with Crippen LogP contribution in [0.3, 0.4) is 0 Å². The summed E-state index contributed by atoms with van der Waals surface area (Å²) >= 11 is 0. The summed E-state index contributed by atoms with van der Waals surface area (Å²) in [6, 6.07) is 0. The van der Waals surface area contributed by atoms with Crippen LogP contribution in [0.2, 0.25) is 0 Å². The molecule has 1 aliphatic carbocycles. The van der Waals surface area contributed by atoms with Crippen molar-refractivity contribution in [3.8, 4) is 0 Å². The topological polar surface area (TPSA) is 26.7 Å². The second-order valence-corrected chi connectivity index (χ2v) is 5.96. The number of aliphatic hydroxyl groups excluding tert-OH is 1. The maximum Gasteiger partial charge on any atom is 0.0540 e. The highest BCUT2D eigenvalue weighted by atomic mass is 16.3. The van der Waals surface area contributed by atoms with Crippen molar-refractivity contribution in [1.82, 2.24) is 9.80 Å². The van der Waals surface area contributed by atoms with Crippen molar-refractivity contribution >= 4 is 0 Å². The van der Waals surface area contributed by atoms with Crippen LogP contribution in [0.5, 0.6) is 0 Å². The van der Waals surface area contributed by atoms with E-state index in [1.807, 2.05) is 13.8 Å². The Morgan fingerprint density at radius 2 is 1.53 bits per heavy atom. The molecule has 3 nitrogen and oxygen atoms in total. The third-order valence-electron chi connectivity index (χ3n) is 4.50. The minimum absolute atomic E-state index is 0.00359. The van der Waals surface area contributed by atoms with E-state index in [-0.39, 0.29) is 6.10 Å². The normalized spacial score (nSPS) is 29.7. The van der Waals surface area contributed by atoms with Crippen LogP contribution < -0.4 is 0 Å².